The van der Waals surface area contributed by atoms with Crippen LogP contribution in [0.25, 0.3) is 11.1 Å². The van der Waals surface area contributed by atoms with Crippen molar-refractivity contribution in [1.29, 1.82) is 0 Å². The number of hydrogen-bond donors (Lipinski definition) is 0. The molecule has 0 radical (unpaired) electrons. The van der Waals surface area contributed by atoms with Crippen LogP contribution in [0.4, 0.5) is 10.3 Å². The standard InChI is InChI=1S/C20H20FN5.3ClH.2H2O/c21-18-4-2-16(3-5-18)17-6-9-22-19(14-17)15-25-10-12-26(13-11-25)20-23-7-1-8-24-20;;;;;/h1-9,14H,10-13,15H2;3*1H;2*1H2. The molecule has 4 rings (SSSR count). The summed E-state index contributed by atoms with van der Waals surface area (Å²) in [6.45, 7) is 4.50. The van der Waals surface area contributed by atoms with E-state index in [1.165, 1.54) is 12.1 Å². The maximum absolute atomic E-state index is 13.1. The van der Waals surface area contributed by atoms with E-state index >= 15 is 0 Å². The van der Waals surface area contributed by atoms with Gasteiger partial charge in [-0.15, -0.1) is 37.2 Å². The van der Waals surface area contributed by atoms with Gasteiger partial charge < -0.3 is 15.9 Å². The molecule has 7 nitrogen and oxygen atoms in total. The number of hydrogen-bond acceptors (Lipinski definition) is 5. The second kappa shape index (κ2) is 14.9. The fourth-order valence-corrected chi connectivity index (χ4v) is 3.18. The van der Waals surface area contributed by atoms with Gasteiger partial charge in [0, 0.05) is 51.3 Å². The molecule has 11 heteroatoms. The van der Waals surface area contributed by atoms with Crippen molar-refractivity contribution in [3.8, 4) is 11.1 Å². The van der Waals surface area contributed by atoms with Crippen LogP contribution in [-0.2, 0) is 6.54 Å². The third kappa shape index (κ3) is 8.17. The number of aromatic nitrogens is 3. The number of halogens is 4. The average Bonchev–Trinajstić information content (AvgIpc) is 2.70. The largest absolute Gasteiger partial charge is 0.412 e. The van der Waals surface area contributed by atoms with E-state index in [9.17, 15) is 4.39 Å². The third-order valence-electron chi connectivity index (χ3n) is 4.59. The van der Waals surface area contributed by atoms with Crippen LogP contribution in [0.2, 0.25) is 0 Å². The summed E-state index contributed by atoms with van der Waals surface area (Å²) in [5.41, 5.74) is 3.09. The molecule has 1 aromatic carbocycles. The maximum Gasteiger partial charge on any atom is 0.225 e. The van der Waals surface area contributed by atoms with Crippen LogP contribution in [-0.4, -0.2) is 57.0 Å². The smallest absolute Gasteiger partial charge is 0.225 e. The monoisotopic (exact) mass is 493 g/mol. The molecule has 0 unspecified atom stereocenters. The molecule has 0 atom stereocenters. The van der Waals surface area contributed by atoms with Crippen molar-refractivity contribution in [2.24, 2.45) is 0 Å². The Bertz CT molecular complexity index is 870. The molecule has 4 N–H and O–H groups in total. The lowest BCUT2D eigenvalue weighted by Gasteiger charge is -2.34. The fourth-order valence-electron chi connectivity index (χ4n) is 3.18. The summed E-state index contributed by atoms with van der Waals surface area (Å²) in [6, 6.07) is 12.4. The first kappa shape index (κ1) is 31.1. The highest BCUT2D eigenvalue weighted by molar-refractivity contribution is 5.86. The Balaban J connectivity index is 0. The Morgan fingerprint density at radius 1 is 0.742 bits per heavy atom. The molecule has 1 aliphatic heterocycles. The van der Waals surface area contributed by atoms with E-state index in [4.69, 9.17) is 0 Å². The van der Waals surface area contributed by atoms with E-state index in [-0.39, 0.29) is 54.0 Å². The predicted octanol–water partition coefficient (Wildman–Crippen LogP) is 2.62. The highest BCUT2D eigenvalue weighted by Crippen LogP contribution is 2.21. The molecule has 0 saturated carbocycles. The Morgan fingerprint density at radius 3 is 1.97 bits per heavy atom. The SMILES string of the molecule is Cl.Cl.Cl.Fc1ccc(-c2ccnc(CN3CCN(c4ncccn4)CC3)c2)cc1.O.O. The van der Waals surface area contributed by atoms with Crippen LogP contribution >= 0.6 is 37.2 Å². The number of anilines is 1. The number of benzene rings is 1. The van der Waals surface area contributed by atoms with Gasteiger partial charge in [-0.2, -0.15) is 0 Å². The Labute approximate surface area is 199 Å². The molecule has 1 aliphatic rings. The summed E-state index contributed by atoms with van der Waals surface area (Å²) in [4.78, 5) is 17.7. The van der Waals surface area contributed by atoms with Crippen molar-refractivity contribution >= 4 is 43.2 Å². The fraction of sp³-hybridized carbons (Fsp3) is 0.250. The molecule has 31 heavy (non-hydrogen) atoms. The van der Waals surface area contributed by atoms with E-state index in [2.05, 4.69) is 30.8 Å². The zero-order chi connectivity index (χ0) is 17.8. The molecule has 172 valence electrons. The molecule has 2 aromatic heterocycles. The molecular formula is C20H27Cl3FN5O2. The molecule has 0 aliphatic carbocycles. The summed E-state index contributed by atoms with van der Waals surface area (Å²) in [5.74, 6) is 0.576. The highest BCUT2D eigenvalue weighted by Gasteiger charge is 2.19. The van der Waals surface area contributed by atoms with Gasteiger partial charge in [0.05, 0.1) is 5.69 Å². The first-order valence-electron chi connectivity index (χ1n) is 8.73. The minimum absolute atomic E-state index is 0. The first-order chi connectivity index (χ1) is 12.8. The van der Waals surface area contributed by atoms with Crippen molar-refractivity contribution in [2.45, 2.75) is 6.54 Å². The number of rotatable bonds is 4. The molecular weight excluding hydrogens is 468 g/mol. The van der Waals surface area contributed by atoms with Crippen molar-refractivity contribution in [3.05, 3.63) is 72.6 Å². The molecule has 1 saturated heterocycles. The van der Waals surface area contributed by atoms with Gasteiger partial charge >= 0.3 is 0 Å². The van der Waals surface area contributed by atoms with Crippen LogP contribution < -0.4 is 4.90 Å². The van der Waals surface area contributed by atoms with Gasteiger partial charge in [0.15, 0.2) is 0 Å². The molecule has 3 heterocycles. The predicted molar refractivity (Wildman–Crippen MR) is 128 cm³/mol. The van der Waals surface area contributed by atoms with Crippen LogP contribution in [0.1, 0.15) is 5.69 Å². The Hall–Kier alpha value is -2.07. The summed E-state index contributed by atoms with van der Waals surface area (Å²) in [5, 5.41) is 0. The average molecular weight is 495 g/mol. The lowest BCUT2D eigenvalue weighted by atomic mass is 10.1. The van der Waals surface area contributed by atoms with Crippen molar-refractivity contribution in [1.82, 2.24) is 19.9 Å². The Kier molecular flexibility index (Phi) is 14.9. The van der Waals surface area contributed by atoms with Gasteiger partial charge in [0.1, 0.15) is 5.82 Å². The van der Waals surface area contributed by atoms with Gasteiger partial charge in [0.25, 0.3) is 0 Å². The summed E-state index contributed by atoms with van der Waals surface area (Å²) >= 11 is 0. The second-order valence-electron chi connectivity index (χ2n) is 6.35. The lowest BCUT2D eigenvalue weighted by molar-refractivity contribution is 0.246. The zero-order valence-corrected chi connectivity index (χ0v) is 19.1. The molecule has 3 aromatic rings. The van der Waals surface area contributed by atoms with Crippen LogP contribution in [0, 0.1) is 5.82 Å². The normalized spacial score (nSPS) is 12.7. The third-order valence-corrected chi connectivity index (χ3v) is 4.59. The van der Waals surface area contributed by atoms with E-state index < -0.39 is 0 Å². The highest BCUT2D eigenvalue weighted by atomic mass is 35.5. The number of pyridine rings is 1. The second-order valence-corrected chi connectivity index (χ2v) is 6.35. The number of nitrogens with zero attached hydrogens (tertiary/aromatic N) is 5. The van der Waals surface area contributed by atoms with Crippen molar-refractivity contribution in [2.75, 3.05) is 31.1 Å². The Morgan fingerprint density at radius 2 is 1.35 bits per heavy atom. The minimum Gasteiger partial charge on any atom is -0.412 e. The topological polar surface area (TPSA) is 108 Å². The van der Waals surface area contributed by atoms with E-state index in [1.807, 2.05) is 18.3 Å². The van der Waals surface area contributed by atoms with E-state index in [0.29, 0.717) is 0 Å². The van der Waals surface area contributed by atoms with Crippen molar-refractivity contribution in [3.63, 3.8) is 0 Å². The summed E-state index contributed by atoms with van der Waals surface area (Å²) in [7, 11) is 0. The quantitative estimate of drug-likeness (QED) is 0.554. The van der Waals surface area contributed by atoms with Crippen LogP contribution in [0.5, 0.6) is 0 Å². The van der Waals surface area contributed by atoms with Crippen LogP contribution in [0.15, 0.2) is 61.1 Å². The minimum atomic E-state index is -0.219. The maximum atomic E-state index is 13.1. The summed E-state index contributed by atoms with van der Waals surface area (Å²) < 4.78 is 13.1. The lowest BCUT2D eigenvalue weighted by Crippen LogP contribution is -2.46. The molecule has 0 spiro atoms. The molecule has 0 amide bonds. The molecule has 1 fully saturated rings. The van der Waals surface area contributed by atoms with Gasteiger partial charge in [0.2, 0.25) is 5.95 Å². The van der Waals surface area contributed by atoms with Gasteiger partial charge in [-0.3, -0.25) is 9.88 Å². The summed E-state index contributed by atoms with van der Waals surface area (Å²) in [6.07, 6.45) is 5.38. The van der Waals surface area contributed by atoms with E-state index in [0.717, 1.165) is 55.5 Å². The van der Waals surface area contributed by atoms with E-state index in [1.54, 1.807) is 24.5 Å². The van der Waals surface area contributed by atoms with Crippen molar-refractivity contribution < 1.29 is 15.3 Å². The van der Waals surface area contributed by atoms with Gasteiger partial charge in [-0.1, -0.05) is 12.1 Å². The molecule has 0 bridgehead atoms. The van der Waals surface area contributed by atoms with Gasteiger partial charge in [-0.05, 0) is 41.5 Å². The number of piperazine rings is 1. The zero-order valence-electron chi connectivity index (χ0n) is 16.6. The van der Waals surface area contributed by atoms with Crippen LogP contribution in [0.3, 0.4) is 0 Å². The first-order valence-corrected chi connectivity index (χ1v) is 8.73. The van der Waals surface area contributed by atoms with Gasteiger partial charge in [-0.25, -0.2) is 14.4 Å².